The zero-order chi connectivity index (χ0) is 9.61. The van der Waals surface area contributed by atoms with Gasteiger partial charge in [-0.15, -0.1) is 0 Å². The van der Waals surface area contributed by atoms with Crippen LogP contribution < -0.4 is 0 Å². The van der Waals surface area contributed by atoms with Crippen molar-refractivity contribution in [1.82, 2.24) is 0 Å². The highest BCUT2D eigenvalue weighted by Crippen LogP contribution is 1.92. The molecule has 0 fully saturated rings. The molecule has 0 aliphatic rings. The first-order valence-corrected chi connectivity index (χ1v) is 4.20. The zero-order valence-electron chi connectivity index (χ0n) is 8.83. The molecule has 1 aromatic carbocycles. The van der Waals surface area contributed by atoms with Crippen molar-refractivity contribution in [2.24, 2.45) is 0 Å². The molecule has 0 radical (unpaired) electrons. The average molecular weight is 166 g/mol. The Morgan fingerprint density at radius 1 is 0.833 bits per heavy atom. The van der Waals surface area contributed by atoms with E-state index in [4.69, 9.17) is 0 Å². The fourth-order valence-corrected chi connectivity index (χ4v) is 0.534. The second-order valence-corrected chi connectivity index (χ2v) is 4.34. The van der Waals surface area contributed by atoms with Gasteiger partial charge in [-0.2, -0.15) is 0 Å². The van der Waals surface area contributed by atoms with Crippen LogP contribution in [-0.2, 0) is 0 Å². The fourth-order valence-electron chi connectivity index (χ4n) is 0.534. The summed E-state index contributed by atoms with van der Waals surface area (Å²) < 4.78 is 1.00. The Balaban J connectivity index is 0.000000217. The van der Waals surface area contributed by atoms with E-state index in [-0.39, 0.29) is 0 Å². The molecule has 1 nitrogen and oxygen atoms in total. The van der Waals surface area contributed by atoms with Crippen molar-refractivity contribution in [3.8, 4) is 0 Å². The van der Waals surface area contributed by atoms with E-state index in [0.29, 0.717) is 0 Å². The van der Waals surface area contributed by atoms with Gasteiger partial charge < -0.3 is 4.48 Å². The molecule has 0 aliphatic heterocycles. The summed E-state index contributed by atoms with van der Waals surface area (Å²) in [7, 11) is 8.50. The minimum Gasteiger partial charge on any atom is -0.333 e. The molecular formula is C11H20N+. The summed E-state index contributed by atoms with van der Waals surface area (Å²) in [6.45, 7) is 2.08. The molecule has 12 heavy (non-hydrogen) atoms. The Morgan fingerprint density at radius 2 is 1.17 bits per heavy atom. The van der Waals surface area contributed by atoms with Crippen LogP contribution in [0, 0.1) is 6.92 Å². The normalized spacial score (nSPS) is 10.1. The summed E-state index contributed by atoms with van der Waals surface area (Å²) in [6.07, 6.45) is 0. The number of aryl methyl sites for hydroxylation is 1. The first kappa shape index (κ1) is 11.2. The molecule has 0 bridgehead atoms. The summed E-state index contributed by atoms with van der Waals surface area (Å²) >= 11 is 0. The highest BCUT2D eigenvalue weighted by atomic mass is 15.2. The maximum Gasteiger partial charge on any atom is 0.0675 e. The molecule has 0 aromatic heterocycles. The van der Waals surface area contributed by atoms with Gasteiger partial charge in [-0.3, -0.25) is 0 Å². The maximum absolute atomic E-state index is 2.12. The number of nitrogens with zero attached hydrogens (tertiary/aromatic N) is 1. The topological polar surface area (TPSA) is 0 Å². The molecule has 0 unspecified atom stereocenters. The number of hydrogen-bond acceptors (Lipinski definition) is 0. The molecule has 1 aromatic rings. The molecular weight excluding hydrogens is 146 g/mol. The lowest BCUT2D eigenvalue weighted by Gasteiger charge is -2.14. The van der Waals surface area contributed by atoms with Crippen LogP contribution in [0.1, 0.15) is 5.56 Å². The Hall–Kier alpha value is -0.820. The van der Waals surface area contributed by atoms with Crippen LogP contribution in [0.15, 0.2) is 30.3 Å². The molecule has 0 spiro atoms. The number of quaternary nitrogens is 1. The maximum atomic E-state index is 2.12. The van der Waals surface area contributed by atoms with Gasteiger partial charge in [0.25, 0.3) is 0 Å². The number of benzene rings is 1. The first-order valence-electron chi connectivity index (χ1n) is 4.20. The highest BCUT2D eigenvalue weighted by molar-refractivity contribution is 5.11. The Kier molecular flexibility index (Phi) is 4.60. The summed E-state index contributed by atoms with van der Waals surface area (Å²) in [4.78, 5) is 0. The Labute approximate surface area is 76.2 Å². The molecule has 0 atom stereocenters. The van der Waals surface area contributed by atoms with Crippen molar-refractivity contribution in [2.75, 3.05) is 28.2 Å². The van der Waals surface area contributed by atoms with Crippen molar-refractivity contribution in [3.63, 3.8) is 0 Å². The SMILES string of the molecule is C[N+](C)(C)C.Cc1ccccc1. The predicted molar refractivity (Wildman–Crippen MR) is 55.1 cm³/mol. The second kappa shape index (κ2) is 4.94. The zero-order valence-corrected chi connectivity index (χ0v) is 8.83. The monoisotopic (exact) mass is 166 g/mol. The molecule has 0 aliphatic carbocycles. The van der Waals surface area contributed by atoms with Gasteiger partial charge in [0.1, 0.15) is 0 Å². The quantitative estimate of drug-likeness (QED) is 0.519. The van der Waals surface area contributed by atoms with E-state index in [1.165, 1.54) is 5.56 Å². The van der Waals surface area contributed by atoms with Crippen LogP contribution in [0.3, 0.4) is 0 Å². The van der Waals surface area contributed by atoms with Crippen molar-refractivity contribution in [3.05, 3.63) is 35.9 Å². The lowest BCUT2D eigenvalue weighted by atomic mass is 10.2. The highest BCUT2D eigenvalue weighted by Gasteiger charge is 1.88. The van der Waals surface area contributed by atoms with Crippen molar-refractivity contribution in [1.29, 1.82) is 0 Å². The van der Waals surface area contributed by atoms with Crippen LogP contribution in [0.25, 0.3) is 0 Å². The third kappa shape index (κ3) is 11.9. The van der Waals surface area contributed by atoms with Gasteiger partial charge >= 0.3 is 0 Å². The van der Waals surface area contributed by atoms with E-state index in [9.17, 15) is 0 Å². The average Bonchev–Trinajstić information content (AvgIpc) is 1.85. The Bertz CT molecular complexity index is 190. The predicted octanol–water partition coefficient (Wildman–Crippen LogP) is 2.32. The van der Waals surface area contributed by atoms with Crippen molar-refractivity contribution in [2.45, 2.75) is 6.92 Å². The van der Waals surface area contributed by atoms with Gasteiger partial charge in [-0.05, 0) is 6.92 Å². The lowest BCUT2D eigenvalue weighted by molar-refractivity contribution is -0.849. The molecule has 0 heterocycles. The summed E-state index contributed by atoms with van der Waals surface area (Å²) in [5.74, 6) is 0. The molecule has 0 saturated carbocycles. The third-order valence-corrected chi connectivity index (χ3v) is 0.940. The van der Waals surface area contributed by atoms with Crippen molar-refractivity contribution < 1.29 is 4.48 Å². The van der Waals surface area contributed by atoms with Crippen LogP contribution in [0.4, 0.5) is 0 Å². The van der Waals surface area contributed by atoms with Crippen LogP contribution >= 0.6 is 0 Å². The van der Waals surface area contributed by atoms with Gasteiger partial charge in [0.15, 0.2) is 0 Å². The van der Waals surface area contributed by atoms with Crippen molar-refractivity contribution >= 4 is 0 Å². The van der Waals surface area contributed by atoms with E-state index in [1.807, 2.05) is 18.2 Å². The summed E-state index contributed by atoms with van der Waals surface area (Å²) in [5, 5.41) is 0. The van der Waals surface area contributed by atoms with Gasteiger partial charge in [0.2, 0.25) is 0 Å². The smallest absolute Gasteiger partial charge is 0.0675 e. The van der Waals surface area contributed by atoms with Gasteiger partial charge in [0, 0.05) is 0 Å². The molecule has 0 saturated heterocycles. The summed E-state index contributed by atoms with van der Waals surface area (Å²) in [6, 6.07) is 10.3. The molecule has 68 valence electrons. The van der Waals surface area contributed by atoms with E-state index < -0.39 is 0 Å². The number of rotatable bonds is 0. The van der Waals surface area contributed by atoms with Crippen LogP contribution in [-0.4, -0.2) is 32.7 Å². The summed E-state index contributed by atoms with van der Waals surface area (Å²) in [5.41, 5.74) is 1.32. The van der Waals surface area contributed by atoms with Gasteiger partial charge in [-0.1, -0.05) is 35.9 Å². The van der Waals surface area contributed by atoms with Gasteiger partial charge in [-0.25, -0.2) is 0 Å². The van der Waals surface area contributed by atoms with E-state index in [0.717, 1.165) is 4.48 Å². The molecule has 0 amide bonds. The molecule has 0 N–H and O–H groups in total. The standard InChI is InChI=1S/C7H8.C4H12N/c1-7-5-3-2-4-6-7;1-5(2,3)4/h2-6H,1H3;1-4H3/q;+1. The largest absolute Gasteiger partial charge is 0.333 e. The number of hydrogen-bond donors (Lipinski definition) is 0. The van der Waals surface area contributed by atoms with Crippen LogP contribution in [0.2, 0.25) is 0 Å². The van der Waals surface area contributed by atoms with E-state index in [1.54, 1.807) is 0 Å². The third-order valence-electron chi connectivity index (χ3n) is 0.940. The molecule has 1 heteroatoms. The second-order valence-electron chi connectivity index (χ2n) is 4.34. The van der Waals surface area contributed by atoms with E-state index in [2.05, 4.69) is 47.2 Å². The fraction of sp³-hybridized carbons (Fsp3) is 0.455. The minimum atomic E-state index is 1.00. The molecule has 1 rings (SSSR count). The minimum absolute atomic E-state index is 1.00. The first-order chi connectivity index (χ1) is 5.39. The Morgan fingerprint density at radius 3 is 1.33 bits per heavy atom. The van der Waals surface area contributed by atoms with E-state index >= 15 is 0 Å². The van der Waals surface area contributed by atoms with Crippen LogP contribution in [0.5, 0.6) is 0 Å². The van der Waals surface area contributed by atoms with Gasteiger partial charge in [0.05, 0.1) is 28.2 Å². The lowest BCUT2D eigenvalue weighted by Crippen LogP contribution is -2.27.